The second-order valence-corrected chi connectivity index (χ2v) is 1.36. The second-order valence-electron chi connectivity index (χ2n) is 1.36. The number of rotatable bonds is 1. The maximum atomic E-state index is 9.82. The predicted octanol–water partition coefficient (Wildman–Crippen LogP) is -0.483. The van der Waals surface area contributed by atoms with Gasteiger partial charge in [-0.05, 0) is 6.92 Å². The summed E-state index contributed by atoms with van der Waals surface area (Å²) in [6.45, 7) is 1.48. The number of primary amides is 1. The molecule has 3 N–H and O–H groups in total. The van der Waals surface area contributed by atoms with Crippen molar-refractivity contribution < 1.29 is 9.90 Å². The number of hydrogen-bond acceptors (Lipinski definition) is 2. The highest BCUT2D eigenvalue weighted by Gasteiger charge is 1.87. The molecular formula is C4H8N2O2. The van der Waals surface area contributed by atoms with Crippen LogP contribution in [0.25, 0.3) is 0 Å². The van der Waals surface area contributed by atoms with Crippen LogP contribution < -0.4 is 5.73 Å². The van der Waals surface area contributed by atoms with Crippen LogP contribution in [0.2, 0.25) is 0 Å². The van der Waals surface area contributed by atoms with E-state index < -0.39 is 12.1 Å². The molecule has 1 unspecified atom stereocenters. The largest absolute Gasteiger partial charge is 0.388 e. The fourth-order valence-corrected chi connectivity index (χ4v) is 0.181. The van der Waals surface area contributed by atoms with Crippen molar-refractivity contribution in [3.05, 3.63) is 0 Å². The van der Waals surface area contributed by atoms with Gasteiger partial charge in [-0.3, -0.25) is 0 Å². The zero-order valence-electron chi connectivity index (χ0n) is 4.53. The topological polar surface area (TPSA) is 75.7 Å². The van der Waals surface area contributed by atoms with Crippen molar-refractivity contribution in [1.29, 1.82) is 0 Å². The first-order chi connectivity index (χ1) is 3.63. The number of nitrogens with two attached hydrogens (primary N) is 1. The molecule has 0 rings (SSSR count). The van der Waals surface area contributed by atoms with E-state index in [9.17, 15) is 4.79 Å². The van der Waals surface area contributed by atoms with Crippen LogP contribution in [0.15, 0.2) is 4.99 Å². The minimum absolute atomic E-state index is 0.706. The average Bonchev–Trinajstić information content (AvgIpc) is 1.61. The van der Waals surface area contributed by atoms with Gasteiger partial charge in [0.05, 0.1) is 6.10 Å². The lowest BCUT2D eigenvalue weighted by atomic mass is 10.5. The van der Waals surface area contributed by atoms with E-state index in [-0.39, 0.29) is 0 Å². The lowest BCUT2D eigenvalue weighted by Crippen LogP contribution is -2.08. The molecule has 0 fully saturated rings. The van der Waals surface area contributed by atoms with E-state index in [1.807, 2.05) is 0 Å². The minimum Gasteiger partial charge on any atom is -0.388 e. The first-order valence-corrected chi connectivity index (χ1v) is 2.14. The molecule has 0 spiro atoms. The Labute approximate surface area is 47.0 Å². The van der Waals surface area contributed by atoms with Crippen molar-refractivity contribution >= 4 is 12.2 Å². The van der Waals surface area contributed by atoms with E-state index in [1.54, 1.807) is 0 Å². The molecule has 1 atom stereocenters. The van der Waals surface area contributed by atoms with Gasteiger partial charge < -0.3 is 10.8 Å². The van der Waals surface area contributed by atoms with Gasteiger partial charge in [-0.2, -0.15) is 0 Å². The van der Waals surface area contributed by atoms with Crippen molar-refractivity contribution in [3.63, 3.8) is 0 Å². The summed E-state index contributed by atoms with van der Waals surface area (Å²) in [7, 11) is 0. The number of hydrogen-bond donors (Lipinski definition) is 2. The van der Waals surface area contributed by atoms with Gasteiger partial charge in [0.2, 0.25) is 0 Å². The molecule has 0 bridgehead atoms. The van der Waals surface area contributed by atoms with Crippen LogP contribution >= 0.6 is 0 Å². The summed E-state index contributed by atoms with van der Waals surface area (Å²) < 4.78 is 0. The highest BCUT2D eigenvalue weighted by Crippen LogP contribution is 1.72. The highest BCUT2D eigenvalue weighted by atomic mass is 16.3. The Balaban J connectivity index is 3.50. The zero-order valence-corrected chi connectivity index (χ0v) is 4.53. The highest BCUT2D eigenvalue weighted by molar-refractivity contribution is 5.83. The first kappa shape index (κ1) is 7.10. The minimum atomic E-state index is -0.786. The van der Waals surface area contributed by atoms with Crippen LogP contribution in [0.5, 0.6) is 0 Å². The maximum absolute atomic E-state index is 9.82. The van der Waals surface area contributed by atoms with Crippen LogP contribution in [0, 0.1) is 0 Å². The van der Waals surface area contributed by atoms with E-state index in [0.29, 0.717) is 0 Å². The van der Waals surface area contributed by atoms with Crippen molar-refractivity contribution in [2.45, 2.75) is 13.0 Å². The molecule has 0 saturated heterocycles. The number of amides is 2. The van der Waals surface area contributed by atoms with Gasteiger partial charge in [-0.25, -0.2) is 9.79 Å². The molecule has 4 heteroatoms. The Morgan fingerprint density at radius 2 is 2.50 bits per heavy atom. The molecule has 0 aromatic carbocycles. The Kier molecular flexibility index (Phi) is 2.79. The smallest absolute Gasteiger partial charge is 0.338 e. The van der Waals surface area contributed by atoms with Gasteiger partial charge in [-0.15, -0.1) is 0 Å². The summed E-state index contributed by atoms with van der Waals surface area (Å²) in [5, 5.41) is 8.44. The zero-order chi connectivity index (χ0) is 6.57. The second kappa shape index (κ2) is 3.15. The number of aliphatic hydroxyl groups excluding tert-OH is 1. The van der Waals surface area contributed by atoms with Crippen LogP contribution in [-0.4, -0.2) is 23.5 Å². The van der Waals surface area contributed by atoms with Gasteiger partial charge in [0.25, 0.3) is 0 Å². The van der Waals surface area contributed by atoms with Crippen molar-refractivity contribution in [3.8, 4) is 0 Å². The van der Waals surface area contributed by atoms with E-state index in [4.69, 9.17) is 5.11 Å². The number of carbonyl (C=O) groups excluding carboxylic acids is 1. The molecule has 0 heterocycles. The van der Waals surface area contributed by atoms with Crippen molar-refractivity contribution in [2.75, 3.05) is 0 Å². The van der Waals surface area contributed by atoms with Crippen molar-refractivity contribution in [2.24, 2.45) is 10.7 Å². The number of aliphatic hydroxyl groups is 1. The number of aliphatic imine (C=N–C) groups is 1. The van der Waals surface area contributed by atoms with Crippen LogP contribution in [0.1, 0.15) is 6.92 Å². The Bertz CT molecular complexity index is 109. The molecule has 2 amide bonds. The lowest BCUT2D eigenvalue weighted by molar-refractivity contribution is 0.253. The standard InChI is InChI=1S/C4H8N2O2/c1-3(7)2-6-4(5)8/h2-3,7H,1H3,(H2,5,8). The fraction of sp³-hybridized carbons (Fsp3) is 0.500. The predicted molar refractivity (Wildman–Crippen MR) is 29.8 cm³/mol. The van der Waals surface area contributed by atoms with Crippen LogP contribution in [-0.2, 0) is 0 Å². The van der Waals surface area contributed by atoms with Gasteiger partial charge >= 0.3 is 6.03 Å². The molecule has 0 aliphatic heterocycles. The normalized spacial score (nSPS) is 14.2. The molecule has 0 aliphatic rings. The summed E-state index contributed by atoms with van der Waals surface area (Å²) >= 11 is 0. The molecular weight excluding hydrogens is 108 g/mol. The molecule has 0 aromatic rings. The van der Waals surface area contributed by atoms with E-state index in [2.05, 4.69) is 10.7 Å². The lowest BCUT2D eigenvalue weighted by Gasteiger charge is -1.87. The Morgan fingerprint density at radius 1 is 2.00 bits per heavy atom. The van der Waals surface area contributed by atoms with Gasteiger partial charge in [0, 0.05) is 6.21 Å². The van der Waals surface area contributed by atoms with Gasteiger partial charge in [-0.1, -0.05) is 0 Å². The fourth-order valence-electron chi connectivity index (χ4n) is 0.181. The third kappa shape index (κ3) is 5.10. The van der Waals surface area contributed by atoms with Gasteiger partial charge in [0.1, 0.15) is 0 Å². The summed E-state index contributed by atoms with van der Waals surface area (Å²) in [6, 6.07) is -0.786. The Morgan fingerprint density at radius 3 is 2.62 bits per heavy atom. The third-order valence-electron chi connectivity index (χ3n) is 0.418. The molecule has 0 aromatic heterocycles. The molecule has 0 radical (unpaired) electrons. The molecule has 0 aliphatic carbocycles. The van der Waals surface area contributed by atoms with Crippen LogP contribution in [0.4, 0.5) is 4.79 Å². The summed E-state index contributed by atoms with van der Waals surface area (Å²) in [5.74, 6) is 0. The van der Waals surface area contributed by atoms with E-state index >= 15 is 0 Å². The van der Waals surface area contributed by atoms with Crippen molar-refractivity contribution in [1.82, 2.24) is 0 Å². The number of nitrogens with zero attached hydrogens (tertiary/aromatic N) is 1. The van der Waals surface area contributed by atoms with E-state index in [1.165, 1.54) is 6.92 Å². The SMILES string of the molecule is CC(O)C=NC(N)=O. The molecule has 0 saturated carbocycles. The Hall–Kier alpha value is -0.900. The third-order valence-corrected chi connectivity index (χ3v) is 0.418. The monoisotopic (exact) mass is 116 g/mol. The maximum Gasteiger partial charge on any atom is 0.338 e. The molecule has 8 heavy (non-hydrogen) atoms. The van der Waals surface area contributed by atoms with E-state index in [0.717, 1.165) is 6.21 Å². The van der Waals surface area contributed by atoms with Gasteiger partial charge in [0.15, 0.2) is 0 Å². The average molecular weight is 116 g/mol. The molecule has 46 valence electrons. The summed E-state index contributed by atoms with van der Waals surface area (Å²) in [5.41, 5.74) is 4.59. The summed E-state index contributed by atoms with van der Waals surface area (Å²) in [4.78, 5) is 12.9. The quantitative estimate of drug-likeness (QED) is 0.454. The first-order valence-electron chi connectivity index (χ1n) is 2.14. The number of carbonyl (C=O) groups is 1. The molecule has 4 nitrogen and oxygen atoms in total. The number of urea groups is 1. The van der Waals surface area contributed by atoms with Crippen LogP contribution in [0.3, 0.4) is 0 Å². The summed E-state index contributed by atoms with van der Waals surface area (Å²) in [6.07, 6.45) is 0.366.